The number of carbonyl (C=O) groups excluding carboxylic acids is 1. The lowest BCUT2D eigenvalue weighted by molar-refractivity contribution is -0.117. The summed E-state index contributed by atoms with van der Waals surface area (Å²) in [7, 11) is 0. The van der Waals surface area contributed by atoms with Crippen LogP contribution in [0.4, 0.5) is 11.5 Å². The molecule has 0 saturated carbocycles. The van der Waals surface area contributed by atoms with E-state index in [1.807, 2.05) is 67.6 Å². The van der Waals surface area contributed by atoms with Gasteiger partial charge >= 0.3 is 0 Å². The Bertz CT molecular complexity index is 931. The summed E-state index contributed by atoms with van der Waals surface area (Å²) in [4.78, 5) is 20.5. The van der Waals surface area contributed by atoms with Crippen LogP contribution < -0.4 is 16.8 Å². The Morgan fingerprint density at radius 1 is 0.963 bits per heavy atom. The quantitative estimate of drug-likeness (QED) is 0.479. The maximum Gasteiger partial charge on any atom is 0.231 e. The van der Waals surface area contributed by atoms with Gasteiger partial charge in [0.2, 0.25) is 5.91 Å². The fourth-order valence-electron chi connectivity index (χ4n) is 2.64. The molecule has 27 heavy (non-hydrogen) atoms. The Morgan fingerprint density at radius 3 is 2.22 bits per heavy atom. The highest BCUT2D eigenvalue weighted by Gasteiger charge is 2.14. The third-order valence-electron chi connectivity index (χ3n) is 4.17. The van der Waals surface area contributed by atoms with Gasteiger partial charge in [-0.1, -0.05) is 42.5 Å². The number of nitrogens with zero attached hydrogens (tertiary/aromatic N) is 2. The molecular formula is C21H21N5O. The number of benzene rings is 2. The summed E-state index contributed by atoms with van der Waals surface area (Å²) in [5.74, 6) is 0.160. The number of aliphatic imine (C=N–C) groups is 1. The van der Waals surface area contributed by atoms with Gasteiger partial charge in [0.1, 0.15) is 0 Å². The van der Waals surface area contributed by atoms with Gasteiger partial charge in [-0.3, -0.25) is 4.79 Å². The largest absolute Gasteiger partial charge is 0.370 e. The van der Waals surface area contributed by atoms with Crippen LogP contribution in [0.25, 0.3) is 11.1 Å². The summed E-state index contributed by atoms with van der Waals surface area (Å²) in [5.41, 5.74) is 14.3. The SMILES string of the molecule is C[C@H](C(=O)Nc1ccc(-c2ccc(N=C(N)N)nc2)cc1)c1ccccc1. The molecule has 0 spiro atoms. The smallest absolute Gasteiger partial charge is 0.231 e. The molecule has 0 radical (unpaired) electrons. The molecule has 5 N–H and O–H groups in total. The summed E-state index contributed by atoms with van der Waals surface area (Å²) >= 11 is 0. The normalized spacial score (nSPS) is 11.4. The Hall–Kier alpha value is -3.67. The van der Waals surface area contributed by atoms with Crippen LogP contribution in [0, 0.1) is 0 Å². The molecule has 0 saturated heterocycles. The lowest BCUT2D eigenvalue weighted by Gasteiger charge is -2.13. The van der Waals surface area contributed by atoms with Gasteiger partial charge < -0.3 is 16.8 Å². The van der Waals surface area contributed by atoms with E-state index in [9.17, 15) is 4.79 Å². The van der Waals surface area contributed by atoms with Crippen LogP contribution in [0.5, 0.6) is 0 Å². The standard InChI is InChI=1S/C21H21N5O/c1-14(15-5-3-2-4-6-15)20(27)25-18-10-7-16(8-11-18)17-9-12-19(24-13-17)26-21(22)23/h2-14H,1H3,(H,25,27)(H4,22,23,24,26)/t14-/m0/s1. The van der Waals surface area contributed by atoms with Crippen LogP contribution in [-0.2, 0) is 4.79 Å². The number of hydrogen-bond donors (Lipinski definition) is 3. The van der Waals surface area contributed by atoms with Gasteiger partial charge in [-0.2, -0.15) is 4.99 Å². The number of guanidine groups is 1. The Kier molecular flexibility index (Phi) is 5.47. The van der Waals surface area contributed by atoms with Gasteiger partial charge in [-0.15, -0.1) is 0 Å². The van der Waals surface area contributed by atoms with Gasteiger partial charge in [-0.05, 0) is 42.3 Å². The average Bonchev–Trinajstić information content (AvgIpc) is 2.69. The van der Waals surface area contributed by atoms with Crippen molar-refractivity contribution in [3.05, 3.63) is 78.5 Å². The first-order chi connectivity index (χ1) is 13.0. The summed E-state index contributed by atoms with van der Waals surface area (Å²) in [6.07, 6.45) is 1.70. The number of pyridine rings is 1. The maximum absolute atomic E-state index is 12.4. The van der Waals surface area contributed by atoms with Crippen LogP contribution in [0.15, 0.2) is 77.9 Å². The highest BCUT2D eigenvalue weighted by molar-refractivity contribution is 5.95. The third kappa shape index (κ3) is 4.70. The van der Waals surface area contributed by atoms with E-state index < -0.39 is 0 Å². The Labute approximate surface area is 158 Å². The zero-order chi connectivity index (χ0) is 19.2. The molecule has 1 heterocycles. The third-order valence-corrected chi connectivity index (χ3v) is 4.17. The van der Waals surface area contributed by atoms with Gasteiger partial charge in [-0.25, -0.2) is 4.98 Å². The molecule has 3 rings (SSSR count). The molecule has 6 heteroatoms. The van der Waals surface area contributed by atoms with Crippen molar-refractivity contribution in [2.75, 3.05) is 5.32 Å². The zero-order valence-corrected chi connectivity index (χ0v) is 15.0. The first-order valence-corrected chi connectivity index (χ1v) is 8.55. The lowest BCUT2D eigenvalue weighted by atomic mass is 10.0. The second-order valence-corrected chi connectivity index (χ2v) is 6.14. The molecule has 2 aromatic carbocycles. The number of rotatable bonds is 5. The molecule has 0 bridgehead atoms. The van der Waals surface area contributed by atoms with E-state index >= 15 is 0 Å². The van der Waals surface area contributed by atoms with Crippen molar-refractivity contribution in [1.82, 2.24) is 4.98 Å². The van der Waals surface area contributed by atoms with Gasteiger partial charge in [0.15, 0.2) is 11.8 Å². The predicted octanol–water partition coefficient (Wildman–Crippen LogP) is 3.40. The highest BCUT2D eigenvalue weighted by atomic mass is 16.1. The van der Waals surface area contributed by atoms with E-state index in [0.29, 0.717) is 5.82 Å². The van der Waals surface area contributed by atoms with Crippen molar-refractivity contribution < 1.29 is 4.79 Å². The topological polar surface area (TPSA) is 106 Å². The molecule has 136 valence electrons. The first kappa shape index (κ1) is 18.1. The van der Waals surface area contributed by atoms with Crippen molar-refractivity contribution in [3.63, 3.8) is 0 Å². The second-order valence-electron chi connectivity index (χ2n) is 6.14. The minimum Gasteiger partial charge on any atom is -0.370 e. The molecule has 0 fully saturated rings. The van der Waals surface area contributed by atoms with Gasteiger partial charge in [0.25, 0.3) is 0 Å². The Morgan fingerprint density at radius 2 is 1.63 bits per heavy atom. The van der Waals surface area contributed by atoms with Gasteiger partial charge in [0.05, 0.1) is 5.92 Å². The first-order valence-electron chi connectivity index (χ1n) is 8.55. The van der Waals surface area contributed by atoms with Crippen LogP contribution in [0.1, 0.15) is 18.4 Å². The second kappa shape index (κ2) is 8.14. The summed E-state index contributed by atoms with van der Waals surface area (Å²) in [5, 5.41) is 2.95. The molecular weight excluding hydrogens is 338 g/mol. The Balaban J connectivity index is 1.68. The summed E-state index contributed by atoms with van der Waals surface area (Å²) < 4.78 is 0. The van der Waals surface area contributed by atoms with Crippen LogP contribution in [-0.4, -0.2) is 16.9 Å². The number of carbonyl (C=O) groups is 1. The van der Waals surface area contributed by atoms with Crippen molar-refractivity contribution in [1.29, 1.82) is 0 Å². The van der Waals surface area contributed by atoms with Crippen molar-refractivity contribution >= 4 is 23.4 Å². The van der Waals surface area contributed by atoms with Gasteiger partial charge in [0, 0.05) is 17.4 Å². The highest BCUT2D eigenvalue weighted by Crippen LogP contribution is 2.23. The minimum atomic E-state index is -0.224. The molecule has 0 unspecified atom stereocenters. The average molecular weight is 359 g/mol. The summed E-state index contributed by atoms with van der Waals surface area (Å²) in [6.45, 7) is 1.89. The number of amides is 1. The van der Waals surface area contributed by atoms with E-state index in [4.69, 9.17) is 11.5 Å². The molecule has 0 aliphatic carbocycles. The van der Waals surface area contributed by atoms with E-state index in [-0.39, 0.29) is 17.8 Å². The van der Waals surface area contributed by atoms with Crippen LogP contribution >= 0.6 is 0 Å². The van der Waals surface area contributed by atoms with E-state index in [1.165, 1.54) is 0 Å². The predicted molar refractivity (Wildman–Crippen MR) is 109 cm³/mol. The molecule has 6 nitrogen and oxygen atoms in total. The molecule has 0 aliphatic heterocycles. The number of nitrogens with two attached hydrogens (primary N) is 2. The number of aromatic nitrogens is 1. The lowest BCUT2D eigenvalue weighted by Crippen LogP contribution is -2.22. The number of nitrogens with one attached hydrogen (secondary N) is 1. The molecule has 0 aliphatic rings. The minimum absolute atomic E-state index is 0.0277. The van der Waals surface area contributed by atoms with E-state index in [1.54, 1.807) is 12.3 Å². The van der Waals surface area contributed by atoms with E-state index in [0.717, 1.165) is 22.4 Å². The fourth-order valence-corrected chi connectivity index (χ4v) is 2.64. The fraction of sp³-hybridized carbons (Fsp3) is 0.0952. The summed E-state index contributed by atoms with van der Waals surface area (Å²) in [6, 6.07) is 20.9. The van der Waals surface area contributed by atoms with Crippen molar-refractivity contribution in [2.24, 2.45) is 16.5 Å². The maximum atomic E-state index is 12.4. The molecule has 3 aromatic rings. The molecule has 1 aromatic heterocycles. The van der Waals surface area contributed by atoms with Crippen molar-refractivity contribution in [2.45, 2.75) is 12.8 Å². The van der Waals surface area contributed by atoms with Crippen LogP contribution in [0.3, 0.4) is 0 Å². The van der Waals surface area contributed by atoms with Crippen molar-refractivity contribution in [3.8, 4) is 11.1 Å². The molecule has 1 atom stereocenters. The van der Waals surface area contributed by atoms with E-state index in [2.05, 4.69) is 15.3 Å². The van der Waals surface area contributed by atoms with Crippen LogP contribution in [0.2, 0.25) is 0 Å². The molecule has 1 amide bonds. The number of hydrogen-bond acceptors (Lipinski definition) is 3. The number of anilines is 1. The monoisotopic (exact) mass is 359 g/mol. The zero-order valence-electron chi connectivity index (χ0n) is 15.0.